The fourth-order valence-corrected chi connectivity index (χ4v) is 3.10. The molecule has 0 aliphatic heterocycles. The highest BCUT2D eigenvalue weighted by Crippen LogP contribution is 2.31. The zero-order chi connectivity index (χ0) is 17.9. The summed E-state index contributed by atoms with van der Waals surface area (Å²) in [5.41, 5.74) is 6.55. The van der Waals surface area contributed by atoms with E-state index < -0.39 is 0 Å². The number of ether oxygens (including phenoxy) is 1. The van der Waals surface area contributed by atoms with Crippen molar-refractivity contribution in [3.8, 4) is 34.0 Å². The van der Waals surface area contributed by atoms with Crippen LogP contribution in [0.3, 0.4) is 0 Å². The van der Waals surface area contributed by atoms with E-state index in [2.05, 4.69) is 49.4 Å². The van der Waals surface area contributed by atoms with Crippen LogP contribution < -0.4 is 4.74 Å². The second kappa shape index (κ2) is 6.89. The molecule has 1 aromatic heterocycles. The van der Waals surface area contributed by atoms with Crippen LogP contribution in [0, 0.1) is 6.92 Å². The number of benzene rings is 3. The summed E-state index contributed by atoms with van der Waals surface area (Å²) >= 11 is 0. The predicted molar refractivity (Wildman–Crippen MR) is 106 cm³/mol. The van der Waals surface area contributed by atoms with E-state index in [4.69, 9.17) is 9.84 Å². The molecule has 4 rings (SSSR count). The molecule has 128 valence electrons. The van der Waals surface area contributed by atoms with Crippen molar-refractivity contribution in [3.05, 3.63) is 90.5 Å². The summed E-state index contributed by atoms with van der Waals surface area (Å²) in [5.74, 6) is 0.843. The van der Waals surface area contributed by atoms with Gasteiger partial charge in [0.1, 0.15) is 5.75 Å². The lowest BCUT2D eigenvalue weighted by Gasteiger charge is -2.09. The zero-order valence-electron chi connectivity index (χ0n) is 14.9. The topological polar surface area (TPSA) is 27.1 Å². The maximum Gasteiger partial charge on any atom is 0.118 e. The molecule has 1 heterocycles. The highest BCUT2D eigenvalue weighted by Gasteiger charge is 2.14. The summed E-state index contributed by atoms with van der Waals surface area (Å²) in [6.45, 7) is 2.13. The predicted octanol–water partition coefficient (Wildman–Crippen LogP) is 5.52. The number of aromatic nitrogens is 2. The molecule has 0 aliphatic carbocycles. The molecule has 0 saturated carbocycles. The minimum atomic E-state index is 0.843. The first-order valence-electron chi connectivity index (χ1n) is 8.62. The normalized spacial score (nSPS) is 10.7. The van der Waals surface area contributed by atoms with E-state index in [1.807, 2.05) is 47.1 Å². The van der Waals surface area contributed by atoms with Crippen molar-refractivity contribution in [2.24, 2.45) is 0 Å². The van der Waals surface area contributed by atoms with Crippen LogP contribution in [0.25, 0.3) is 28.2 Å². The van der Waals surface area contributed by atoms with Crippen molar-refractivity contribution < 1.29 is 4.74 Å². The van der Waals surface area contributed by atoms with Crippen LogP contribution in [-0.2, 0) is 0 Å². The number of rotatable bonds is 4. The Hall–Kier alpha value is -3.33. The number of aryl methyl sites for hydroxylation is 1. The minimum absolute atomic E-state index is 0.843. The highest BCUT2D eigenvalue weighted by molar-refractivity contribution is 5.72. The summed E-state index contributed by atoms with van der Waals surface area (Å²) < 4.78 is 7.28. The van der Waals surface area contributed by atoms with Gasteiger partial charge in [0.25, 0.3) is 0 Å². The lowest BCUT2D eigenvalue weighted by molar-refractivity contribution is 0.415. The van der Waals surface area contributed by atoms with Crippen LogP contribution in [-0.4, -0.2) is 16.9 Å². The quantitative estimate of drug-likeness (QED) is 0.489. The van der Waals surface area contributed by atoms with E-state index in [9.17, 15) is 0 Å². The van der Waals surface area contributed by atoms with E-state index in [0.717, 1.165) is 28.4 Å². The Morgan fingerprint density at radius 3 is 2.19 bits per heavy atom. The summed E-state index contributed by atoms with van der Waals surface area (Å²) in [4.78, 5) is 0. The van der Waals surface area contributed by atoms with Crippen molar-refractivity contribution in [1.82, 2.24) is 9.78 Å². The first-order valence-corrected chi connectivity index (χ1v) is 8.62. The minimum Gasteiger partial charge on any atom is -0.497 e. The second-order valence-corrected chi connectivity index (χ2v) is 6.21. The van der Waals surface area contributed by atoms with Gasteiger partial charge in [-0.15, -0.1) is 0 Å². The van der Waals surface area contributed by atoms with Gasteiger partial charge in [-0.3, -0.25) is 0 Å². The summed E-state index contributed by atoms with van der Waals surface area (Å²) in [6, 6.07) is 28.8. The molecule has 0 saturated heterocycles. The number of hydrogen-bond acceptors (Lipinski definition) is 2. The van der Waals surface area contributed by atoms with Gasteiger partial charge in [-0.25, -0.2) is 4.68 Å². The Bertz CT molecular complexity index is 1020. The second-order valence-electron chi connectivity index (χ2n) is 6.21. The monoisotopic (exact) mass is 340 g/mol. The fourth-order valence-electron chi connectivity index (χ4n) is 3.10. The van der Waals surface area contributed by atoms with E-state index in [0.29, 0.717) is 0 Å². The molecule has 0 fully saturated rings. The van der Waals surface area contributed by atoms with E-state index >= 15 is 0 Å². The first-order chi connectivity index (χ1) is 12.8. The molecule has 0 spiro atoms. The summed E-state index contributed by atoms with van der Waals surface area (Å²) in [6.07, 6.45) is 0. The molecule has 0 radical (unpaired) electrons. The molecule has 0 unspecified atom stereocenters. The van der Waals surface area contributed by atoms with Gasteiger partial charge in [0.15, 0.2) is 0 Å². The largest absolute Gasteiger partial charge is 0.497 e. The van der Waals surface area contributed by atoms with Gasteiger partial charge in [0.2, 0.25) is 0 Å². The van der Waals surface area contributed by atoms with Gasteiger partial charge in [-0.2, -0.15) is 5.10 Å². The van der Waals surface area contributed by atoms with Crippen LogP contribution in [0.5, 0.6) is 5.75 Å². The van der Waals surface area contributed by atoms with Gasteiger partial charge >= 0.3 is 0 Å². The van der Waals surface area contributed by atoms with Crippen molar-refractivity contribution in [2.75, 3.05) is 7.11 Å². The molecular formula is C23H20N2O. The highest BCUT2D eigenvalue weighted by atomic mass is 16.5. The first kappa shape index (κ1) is 16.2. The van der Waals surface area contributed by atoms with Gasteiger partial charge in [0.05, 0.1) is 24.2 Å². The molecule has 0 amide bonds. The maximum atomic E-state index is 5.26. The van der Waals surface area contributed by atoms with Gasteiger partial charge in [-0.1, -0.05) is 42.5 Å². The van der Waals surface area contributed by atoms with Gasteiger partial charge in [-0.05, 0) is 55.0 Å². The molecule has 0 bridgehead atoms. The molecule has 26 heavy (non-hydrogen) atoms. The molecule has 0 aliphatic rings. The number of nitrogens with zero attached hydrogens (tertiary/aromatic N) is 2. The van der Waals surface area contributed by atoms with E-state index in [-0.39, 0.29) is 0 Å². The van der Waals surface area contributed by atoms with Crippen molar-refractivity contribution in [1.29, 1.82) is 0 Å². The van der Waals surface area contributed by atoms with Crippen LogP contribution in [0.4, 0.5) is 0 Å². The summed E-state index contributed by atoms with van der Waals surface area (Å²) in [7, 11) is 1.68. The Balaban J connectivity index is 1.89. The molecule has 0 N–H and O–H groups in total. The summed E-state index contributed by atoms with van der Waals surface area (Å²) in [5, 5.41) is 4.90. The van der Waals surface area contributed by atoms with Crippen LogP contribution in [0.2, 0.25) is 0 Å². The van der Waals surface area contributed by atoms with Crippen LogP contribution >= 0.6 is 0 Å². The van der Waals surface area contributed by atoms with Crippen molar-refractivity contribution in [3.63, 3.8) is 0 Å². The molecule has 3 heteroatoms. The average molecular weight is 340 g/mol. The lowest BCUT2D eigenvalue weighted by Crippen LogP contribution is -1.99. The molecular weight excluding hydrogens is 320 g/mol. The third kappa shape index (κ3) is 3.00. The Morgan fingerprint density at radius 2 is 1.50 bits per heavy atom. The SMILES string of the molecule is COc1ccc(-c2cc(-c3ccccc3C)n(-c3ccccc3)n2)cc1. The smallest absolute Gasteiger partial charge is 0.118 e. The third-order valence-corrected chi connectivity index (χ3v) is 4.52. The van der Waals surface area contributed by atoms with Gasteiger partial charge < -0.3 is 4.74 Å². The van der Waals surface area contributed by atoms with Crippen molar-refractivity contribution >= 4 is 0 Å². The number of para-hydroxylation sites is 1. The maximum absolute atomic E-state index is 5.26. The van der Waals surface area contributed by atoms with Crippen LogP contribution in [0.15, 0.2) is 84.9 Å². The van der Waals surface area contributed by atoms with E-state index in [1.54, 1.807) is 7.11 Å². The van der Waals surface area contributed by atoms with Crippen molar-refractivity contribution in [2.45, 2.75) is 6.92 Å². The molecule has 3 aromatic carbocycles. The lowest BCUT2D eigenvalue weighted by atomic mass is 10.0. The third-order valence-electron chi connectivity index (χ3n) is 4.52. The van der Waals surface area contributed by atoms with Crippen LogP contribution in [0.1, 0.15) is 5.56 Å². The zero-order valence-corrected chi connectivity index (χ0v) is 14.9. The molecule has 3 nitrogen and oxygen atoms in total. The Morgan fingerprint density at radius 1 is 0.808 bits per heavy atom. The fraction of sp³-hybridized carbons (Fsp3) is 0.0870. The molecule has 4 aromatic rings. The average Bonchev–Trinajstić information content (AvgIpc) is 3.14. The Kier molecular flexibility index (Phi) is 4.28. The number of methoxy groups -OCH3 is 1. The van der Waals surface area contributed by atoms with Gasteiger partial charge in [0, 0.05) is 11.1 Å². The Labute approximate surface area is 153 Å². The molecule has 0 atom stereocenters. The van der Waals surface area contributed by atoms with E-state index in [1.165, 1.54) is 11.1 Å². The standard InChI is InChI=1S/C23H20N2O/c1-17-8-6-7-11-21(17)23-16-22(18-12-14-20(26-2)15-13-18)24-25(23)19-9-4-3-5-10-19/h3-16H,1-2H3. The number of hydrogen-bond donors (Lipinski definition) is 0.